The molecule has 1 amide bonds. The van der Waals surface area contributed by atoms with Crippen LogP contribution in [-0.2, 0) is 0 Å². The minimum absolute atomic E-state index is 0.0838. The molecule has 3 rings (SSSR count). The van der Waals surface area contributed by atoms with E-state index in [0.717, 1.165) is 17.5 Å². The molecule has 0 radical (unpaired) electrons. The second kappa shape index (κ2) is 7.31. The number of benzene rings is 2. The minimum Gasteiger partial charge on any atom is -0.491 e. The van der Waals surface area contributed by atoms with Crippen molar-refractivity contribution < 1.29 is 27.8 Å². The highest BCUT2D eigenvalue weighted by molar-refractivity contribution is 5.96. The number of fused-ring (bicyclic) bond motifs is 1. The third kappa shape index (κ3) is 4.13. The van der Waals surface area contributed by atoms with E-state index in [-0.39, 0.29) is 24.7 Å². The number of hydrogen-bond donors (Lipinski definition) is 2. The van der Waals surface area contributed by atoms with Gasteiger partial charge in [-0.05, 0) is 24.3 Å². The molecular formula is C18H15F2NO4. The Morgan fingerprint density at radius 1 is 1.16 bits per heavy atom. The first kappa shape index (κ1) is 16.9. The predicted molar refractivity (Wildman–Crippen MR) is 86.4 cm³/mol. The van der Waals surface area contributed by atoms with E-state index < -0.39 is 23.6 Å². The van der Waals surface area contributed by atoms with E-state index in [1.807, 2.05) is 12.1 Å². The van der Waals surface area contributed by atoms with Crippen molar-refractivity contribution in [3.05, 3.63) is 65.9 Å². The summed E-state index contributed by atoms with van der Waals surface area (Å²) in [5.41, 5.74) is 0.592. The number of furan rings is 1. The summed E-state index contributed by atoms with van der Waals surface area (Å²) in [6, 6.07) is 11.9. The van der Waals surface area contributed by atoms with Crippen LogP contribution in [0.15, 0.2) is 52.9 Å². The van der Waals surface area contributed by atoms with Gasteiger partial charge in [0.15, 0.2) is 17.4 Å². The van der Waals surface area contributed by atoms with Crippen LogP contribution in [0.3, 0.4) is 0 Å². The molecule has 2 N–H and O–H groups in total. The lowest BCUT2D eigenvalue weighted by molar-refractivity contribution is 0.0823. The summed E-state index contributed by atoms with van der Waals surface area (Å²) >= 11 is 0. The van der Waals surface area contributed by atoms with Crippen molar-refractivity contribution in [2.24, 2.45) is 0 Å². The van der Waals surface area contributed by atoms with Crippen LogP contribution < -0.4 is 10.1 Å². The SMILES string of the molecule is O=C(NC[C@@H](O)COc1ccc(F)c(F)c1)c1cc2ccccc2o1. The quantitative estimate of drug-likeness (QED) is 0.719. The van der Waals surface area contributed by atoms with Crippen molar-refractivity contribution >= 4 is 16.9 Å². The van der Waals surface area contributed by atoms with Crippen LogP contribution >= 0.6 is 0 Å². The lowest BCUT2D eigenvalue weighted by Crippen LogP contribution is -2.35. The number of nitrogens with one attached hydrogen (secondary N) is 1. The Bertz CT molecular complexity index is 861. The summed E-state index contributed by atoms with van der Waals surface area (Å²) in [5.74, 6) is -2.27. The smallest absolute Gasteiger partial charge is 0.287 e. The van der Waals surface area contributed by atoms with Gasteiger partial charge in [-0.3, -0.25) is 4.79 Å². The summed E-state index contributed by atoms with van der Waals surface area (Å²) in [6.07, 6.45) is -1.03. The molecule has 5 nitrogen and oxygen atoms in total. The van der Waals surface area contributed by atoms with Gasteiger partial charge in [-0.2, -0.15) is 0 Å². The van der Waals surface area contributed by atoms with Gasteiger partial charge in [0, 0.05) is 18.0 Å². The Labute approximate surface area is 141 Å². The van der Waals surface area contributed by atoms with Crippen molar-refractivity contribution in [1.29, 1.82) is 0 Å². The fraction of sp³-hybridized carbons (Fsp3) is 0.167. The first-order valence-electron chi connectivity index (χ1n) is 7.55. The Morgan fingerprint density at radius 3 is 2.72 bits per heavy atom. The molecule has 2 aromatic carbocycles. The van der Waals surface area contributed by atoms with Gasteiger partial charge in [-0.25, -0.2) is 8.78 Å². The van der Waals surface area contributed by atoms with E-state index in [2.05, 4.69) is 5.32 Å². The molecule has 0 aliphatic rings. The molecule has 25 heavy (non-hydrogen) atoms. The average molecular weight is 347 g/mol. The first-order valence-corrected chi connectivity index (χ1v) is 7.55. The van der Waals surface area contributed by atoms with Gasteiger partial charge in [-0.15, -0.1) is 0 Å². The second-order valence-electron chi connectivity index (χ2n) is 5.40. The lowest BCUT2D eigenvalue weighted by Gasteiger charge is -2.13. The van der Waals surface area contributed by atoms with Crippen molar-refractivity contribution in [2.75, 3.05) is 13.2 Å². The number of halogens is 2. The fourth-order valence-electron chi connectivity index (χ4n) is 2.21. The van der Waals surface area contributed by atoms with Gasteiger partial charge in [0.05, 0.1) is 0 Å². The summed E-state index contributed by atoms with van der Waals surface area (Å²) in [7, 11) is 0. The van der Waals surface area contributed by atoms with Gasteiger partial charge in [0.1, 0.15) is 24.0 Å². The highest BCUT2D eigenvalue weighted by Gasteiger charge is 2.14. The monoisotopic (exact) mass is 347 g/mol. The second-order valence-corrected chi connectivity index (χ2v) is 5.40. The highest BCUT2D eigenvalue weighted by atomic mass is 19.2. The number of amides is 1. The molecule has 130 valence electrons. The van der Waals surface area contributed by atoms with Gasteiger partial charge < -0.3 is 19.6 Å². The van der Waals surface area contributed by atoms with Crippen molar-refractivity contribution in [2.45, 2.75) is 6.10 Å². The number of aliphatic hydroxyl groups is 1. The summed E-state index contributed by atoms with van der Waals surface area (Å²) < 4.78 is 36.4. The molecule has 0 spiro atoms. The molecule has 0 unspecified atom stereocenters. The number of para-hydroxylation sites is 1. The normalized spacial score (nSPS) is 12.1. The number of hydrogen-bond acceptors (Lipinski definition) is 4. The predicted octanol–water partition coefficient (Wildman–Crippen LogP) is 2.88. The van der Waals surface area contributed by atoms with Gasteiger partial charge in [0.25, 0.3) is 5.91 Å². The molecule has 0 saturated carbocycles. The molecule has 1 heterocycles. The zero-order valence-corrected chi connectivity index (χ0v) is 13.0. The topological polar surface area (TPSA) is 71.7 Å². The molecule has 0 saturated heterocycles. The zero-order valence-electron chi connectivity index (χ0n) is 13.0. The van der Waals surface area contributed by atoms with E-state index in [1.165, 1.54) is 6.07 Å². The molecule has 0 fully saturated rings. The van der Waals surface area contributed by atoms with Crippen LogP contribution in [0.25, 0.3) is 11.0 Å². The van der Waals surface area contributed by atoms with Gasteiger partial charge >= 0.3 is 0 Å². The van der Waals surface area contributed by atoms with Crippen molar-refractivity contribution in [1.82, 2.24) is 5.32 Å². The Balaban J connectivity index is 1.50. The maximum Gasteiger partial charge on any atom is 0.287 e. The minimum atomic E-state index is -1.04. The fourth-order valence-corrected chi connectivity index (χ4v) is 2.21. The molecule has 1 atom stereocenters. The Morgan fingerprint density at radius 2 is 1.96 bits per heavy atom. The summed E-state index contributed by atoms with van der Waals surface area (Å²) in [4.78, 5) is 12.0. The number of carbonyl (C=O) groups is 1. The Kier molecular flexibility index (Phi) is 4.95. The Hall–Kier alpha value is -2.93. The number of aliphatic hydroxyl groups excluding tert-OH is 1. The average Bonchev–Trinajstić information content (AvgIpc) is 3.05. The number of rotatable bonds is 6. The maximum atomic E-state index is 13.0. The molecule has 1 aromatic heterocycles. The van der Waals surface area contributed by atoms with E-state index in [1.54, 1.807) is 18.2 Å². The third-order valence-electron chi connectivity index (χ3n) is 3.48. The standard InChI is InChI=1S/C18H15F2NO4/c19-14-6-5-13(8-15(14)20)24-10-12(22)9-21-18(23)17-7-11-3-1-2-4-16(11)25-17/h1-8,12,22H,9-10H2,(H,21,23)/t12-/m1/s1. The molecule has 0 bridgehead atoms. The zero-order chi connectivity index (χ0) is 17.8. The van der Waals surface area contributed by atoms with Crippen LogP contribution in [0.2, 0.25) is 0 Å². The number of ether oxygens (including phenoxy) is 1. The molecule has 0 aliphatic carbocycles. The van der Waals surface area contributed by atoms with Crippen LogP contribution in [-0.4, -0.2) is 30.3 Å². The van der Waals surface area contributed by atoms with Crippen LogP contribution in [0.1, 0.15) is 10.6 Å². The van der Waals surface area contributed by atoms with Gasteiger partial charge in [0.2, 0.25) is 0 Å². The molecule has 3 aromatic rings. The number of carbonyl (C=O) groups excluding carboxylic acids is 1. The van der Waals surface area contributed by atoms with Crippen molar-refractivity contribution in [3.8, 4) is 5.75 Å². The van der Waals surface area contributed by atoms with E-state index in [9.17, 15) is 18.7 Å². The molecule has 0 aliphatic heterocycles. The molecule has 7 heteroatoms. The lowest BCUT2D eigenvalue weighted by atomic mass is 10.2. The van der Waals surface area contributed by atoms with Crippen LogP contribution in [0, 0.1) is 11.6 Å². The first-order chi connectivity index (χ1) is 12.0. The van der Waals surface area contributed by atoms with Crippen LogP contribution in [0.5, 0.6) is 5.75 Å². The largest absolute Gasteiger partial charge is 0.491 e. The van der Waals surface area contributed by atoms with E-state index in [4.69, 9.17) is 9.15 Å². The van der Waals surface area contributed by atoms with E-state index >= 15 is 0 Å². The summed E-state index contributed by atoms with van der Waals surface area (Å²) in [6.45, 7) is -0.273. The van der Waals surface area contributed by atoms with Gasteiger partial charge in [-0.1, -0.05) is 18.2 Å². The maximum absolute atomic E-state index is 13.0. The van der Waals surface area contributed by atoms with E-state index in [0.29, 0.717) is 5.58 Å². The third-order valence-corrected chi connectivity index (χ3v) is 3.48. The van der Waals surface area contributed by atoms with Crippen LogP contribution in [0.4, 0.5) is 8.78 Å². The highest BCUT2D eigenvalue weighted by Crippen LogP contribution is 2.18. The van der Waals surface area contributed by atoms with Crippen molar-refractivity contribution in [3.63, 3.8) is 0 Å². The summed E-state index contributed by atoms with van der Waals surface area (Å²) in [5, 5.41) is 13.2. The molecular weight excluding hydrogens is 332 g/mol.